The van der Waals surface area contributed by atoms with Gasteiger partial charge in [-0.3, -0.25) is 14.9 Å². The molecular weight excluding hydrogens is 374 g/mol. The summed E-state index contributed by atoms with van der Waals surface area (Å²) >= 11 is 0. The van der Waals surface area contributed by atoms with Crippen LogP contribution in [-0.4, -0.2) is 46.9 Å². The molecule has 9 heteroatoms. The van der Waals surface area contributed by atoms with Crippen molar-refractivity contribution in [2.24, 2.45) is 0 Å². The zero-order chi connectivity index (χ0) is 20.2. The molecule has 2 amide bonds. The molecular formula is C20H21N5O4. The molecule has 0 spiro atoms. The van der Waals surface area contributed by atoms with E-state index in [-0.39, 0.29) is 30.8 Å². The van der Waals surface area contributed by atoms with E-state index in [4.69, 9.17) is 9.47 Å². The van der Waals surface area contributed by atoms with Crippen molar-refractivity contribution in [3.05, 3.63) is 48.3 Å². The van der Waals surface area contributed by atoms with Crippen LogP contribution in [-0.2, 0) is 25.7 Å². The van der Waals surface area contributed by atoms with Crippen LogP contribution in [0.4, 0.5) is 11.6 Å². The van der Waals surface area contributed by atoms with Gasteiger partial charge in [-0.25, -0.2) is 4.68 Å². The molecule has 29 heavy (non-hydrogen) atoms. The van der Waals surface area contributed by atoms with E-state index in [1.807, 2.05) is 42.5 Å². The van der Waals surface area contributed by atoms with E-state index >= 15 is 0 Å². The molecule has 1 aliphatic heterocycles. The first-order valence-corrected chi connectivity index (χ1v) is 9.25. The van der Waals surface area contributed by atoms with Gasteiger partial charge in [0.2, 0.25) is 17.8 Å². The molecule has 4 rings (SSSR count). The number of nitrogens with one attached hydrogen (secondary N) is 2. The molecule has 1 aliphatic rings. The summed E-state index contributed by atoms with van der Waals surface area (Å²) in [7, 11) is 1.59. The highest BCUT2D eigenvalue weighted by Crippen LogP contribution is 2.25. The molecule has 2 heterocycles. The highest BCUT2D eigenvalue weighted by Gasteiger charge is 2.33. The second-order valence-electron chi connectivity index (χ2n) is 6.66. The van der Waals surface area contributed by atoms with E-state index in [2.05, 4.69) is 20.7 Å². The smallest absolute Gasteiger partial charge is 0.249 e. The first-order chi connectivity index (χ1) is 14.1. The first-order valence-electron chi connectivity index (χ1n) is 9.25. The summed E-state index contributed by atoms with van der Waals surface area (Å²) in [5.74, 6) is 0.0237. The van der Waals surface area contributed by atoms with Gasteiger partial charge in [0.25, 0.3) is 0 Å². The fraction of sp³-hybridized carbons (Fsp3) is 0.300. The third-order valence-electron chi connectivity index (χ3n) is 4.58. The van der Waals surface area contributed by atoms with Crippen LogP contribution in [0.15, 0.2) is 42.5 Å². The molecule has 9 nitrogen and oxygen atoms in total. The first kappa shape index (κ1) is 19.0. The standard InChI is InChI=1S/C20H21N5O4/c1-28-8-9-29-12-17-22-20-23-18(26)11-16(25(20)24-17)19(27)21-15-7-6-13-4-2-3-5-14(13)10-15/h2-7,10,16H,8-9,11-12H2,1H3,(H,21,27)(H,22,23,24,26). The van der Waals surface area contributed by atoms with Gasteiger partial charge >= 0.3 is 0 Å². The number of fused-ring (bicyclic) bond motifs is 2. The third-order valence-corrected chi connectivity index (χ3v) is 4.58. The summed E-state index contributed by atoms with van der Waals surface area (Å²) in [6.45, 7) is 1.03. The normalized spacial score (nSPS) is 15.8. The lowest BCUT2D eigenvalue weighted by Crippen LogP contribution is -2.36. The molecule has 0 radical (unpaired) electrons. The molecule has 1 atom stereocenters. The summed E-state index contributed by atoms with van der Waals surface area (Å²) in [6, 6.07) is 12.8. The largest absolute Gasteiger partial charge is 0.382 e. The van der Waals surface area contributed by atoms with Crippen LogP contribution in [0.1, 0.15) is 18.3 Å². The SMILES string of the molecule is COCCOCc1nc2n(n1)C(C(=O)Nc1ccc3ccccc3c1)CC(=O)N2. The van der Waals surface area contributed by atoms with Gasteiger partial charge in [0.05, 0.1) is 19.6 Å². The number of nitrogens with zero attached hydrogens (tertiary/aromatic N) is 3. The van der Waals surface area contributed by atoms with Gasteiger partial charge in [0.15, 0.2) is 5.82 Å². The summed E-state index contributed by atoms with van der Waals surface area (Å²) in [5, 5.41) is 12.0. The van der Waals surface area contributed by atoms with Crippen molar-refractivity contribution in [2.45, 2.75) is 19.1 Å². The van der Waals surface area contributed by atoms with Crippen LogP contribution < -0.4 is 10.6 Å². The van der Waals surface area contributed by atoms with Crippen molar-refractivity contribution < 1.29 is 19.1 Å². The molecule has 0 saturated heterocycles. The maximum atomic E-state index is 12.9. The number of ether oxygens (including phenoxy) is 2. The molecule has 0 fully saturated rings. The Hall–Kier alpha value is -3.30. The molecule has 0 aliphatic carbocycles. The van der Waals surface area contributed by atoms with Crippen LogP contribution in [0.5, 0.6) is 0 Å². The van der Waals surface area contributed by atoms with E-state index in [0.717, 1.165) is 10.8 Å². The summed E-state index contributed by atoms with van der Waals surface area (Å²) < 4.78 is 11.8. The van der Waals surface area contributed by atoms with Crippen LogP contribution >= 0.6 is 0 Å². The minimum atomic E-state index is -0.787. The van der Waals surface area contributed by atoms with Crippen molar-refractivity contribution in [3.63, 3.8) is 0 Å². The number of hydrogen-bond donors (Lipinski definition) is 2. The van der Waals surface area contributed by atoms with Crippen LogP contribution in [0.3, 0.4) is 0 Å². The Balaban J connectivity index is 1.50. The lowest BCUT2D eigenvalue weighted by molar-refractivity contribution is -0.125. The monoisotopic (exact) mass is 395 g/mol. The summed E-state index contributed by atoms with van der Waals surface area (Å²) in [6.07, 6.45) is -0.0141. The van der Waals surface area contributed by atoms with Crippen LogP contribution in [0, 0.1) is 0 Å². The molecule has 0 saturated carbocycles. The molecule has 3 aromatic rings. The highest BCUT2D eigenvalue weighted by molar-refractivity contribution is 6.01. The summed E-state index contributed by atoms with van der Waals surface area (Å²) in [4.78, 5) is 29.2. The van der Waals surface area contributed by atoms with E-state index in [1.165, 1.54) is 4.68 Å². The Labute approximate surface area is 167 Å². The number of hydrogen-bond acceptors (Lipinski definition) is 6. The number of anilines is 2. The van der Waals surface area contributed by atoms with Gasteiger partial charge in [-0.2, -0.15) is 10.1 Å². The molecule has 2 N–H and O–H groups in total. The van der Waals surface area contributed by atoms with E-state index < -0.39 is 6.04 Å². The number of aromatic nitrogens is 3. The Bertz CT molecular complexity index is 1050. The van der Waals surface area contributed by atoms with E-state index in [0.29, 0.717) is 24.7 Å². The Morgan fingerprint density at radius 2 is 2.07 bits per heavy atom. The quantitative estimate of drug-likeness (QED) is 0.594. The number of carbonyl (C=O) groups excluding carboxylic acids is 2. The Kier molecular flexibility index (Phi) is 5.50. The second kappa shape index (κ2) is 8.38. The average molecular weight is 395 g/mol. The predicted molar refractivity (Wildman–Crippen MR) is 106 cm³/mol. The second-order valence-corrected chi connectivity index (χ2v) is 6.66. The average Bonchev–Trinajstić information content (AvgIpc) is 3.13. The van der Waals surface area contributed by atoms with Gasteiger partial charge in [-0.05, 0) is 22.9 Å². The lowest BCUT2D eigenvalue weighted by atomic mass is 10.1. The molecule has 1 aromatic heterocycles. The number of benzene rings is 2. The number of carbonyl (C=O) groups is 2. The van der Waals surface area contributed by atoms with Gasteiger partial charge < -0.3 is 14.8 Å². The fourth-order valence-corrected chi connectivity index (χ4v) is 3.17. The maximum absolute atomic E-state index is 12.9. The van der Waals surface area contributed by atoms with Crippen LogP contribution in [0.25, 0.3) is 10.8 Å². The van der Waals surface area contributed by atoms with Crippen LogP contribution in [0.2, 0.25) is 0 Å². The molecule has 150 valence electrons. The van der Waals surface area contributed by atoms with Crippen molar-refractivity contribution >= 4 is 34.2 Å². The van der Waals surface area contributed by atoms with Gasteiger partial charge in [-0.1, -0.05) is 30.3 Å². The van der Waals surface area contributed by atoms with Crippen molar-refractivity contribution in [3.8, 4) is 0 Å². The third kappa shape index (κ3) is 4.25. The lowest BCUT2D eigenvalue weighted by Gasteiger charge is -2.22. The zero-order valence-electron chi connectivity index (χ0n) is 15.9. The number of methoxy groups -OCH3 is 1. The Morgan fingerprint density at radius 3 is 2.90 bits per heavy atom. The van der Waals surface area contributed by atoms with Gasteiger partial charge in [0, 0.05) is 12.8 Å². The van der Waals surface area contributed by atoms with E-state index in [1.54, 1.807) is 7.11 Å². The van der Waals surface area contributed by atoms with Crippen molar-refractivity contribution in [1.29, 1.82) is 0 Å². The molecule has 2 aromatic carbocycles. The number of amides is 2. The minimum Gasteiger partial charge on any atom is -0.382 e. The predicted octanol–water partition coefficient (Wildman–Crippen LogP) is 2.12. The molecule has 1 unspecified atom stereocenters. The van der Waals surface area contributed by atoms with Crippen molar-refractivity contribution in [2.75, 3.05) is 31.0 Å². The Morgan fingerprint density at radius 1 is 1.24 bits per heavy atom. The fourth-order valence-electron chi connectivity index (χ4n) is 3.17. The summed E-state index contributed by atoms with van der Waals surface area (Å²) in [5.41, 5.74) is 0.657. The minimum absolute atomic E-state index is 0.0141. The van der Waals surface area contributed by atoms with E-state index in [9.17, 15) is 9.59 Å². The van der Waals surface area contributed by atoms with Gasteiger partial charge in [-0.15, -0.1) is 0 Å². The number of rotatable bonds is 7. The zero-order valence-corrected chi connectivity index (χ0v) is 15.9. The van der Waals surface area contributed by atoms with Gasteiger partial charge in [0.1, 0.15) is 12.6 Å². The van der Waals surface area contributed by atoms with Crippen molar-refractivity contribution in [1.82, 2.24) is 14.8 Å². The maximum Gasteiger partial charge on any atom is 0.249 e. The molecule has 0 bridgehead atoms. The topological polar surface area (TPSA) is 107 Å². The highest BCUT2D eigenvalue weighted by atomic mass is 16.5.